The Balaban J connectivity index is 2.15. The highest BCUT2D eigenvalue weighted by Crippen LogP contribution is 2.25. The van der Waals surface area contributed by atoms with E-state index in [-0.39, 0.29) is 4.90 Å². The summed E-state index contributed by atoms with van der Waals surface area (Å²) in [6, 6.07) is 7.35. The minimum Gasteiger partial charge on any atom is -0.367 e. The second-order valence-corrected chi connectivity index (χ2v) is 6.75. The molecule has 1 aromatic rings. The second kappa shape index (κ2) is 6.56. The number of likely N-dealkylation sites (N-methyl/N-ethyl adjacent to an activating group) is 1. The number of anilines is 1. The molecule has 3 N–H and O–H groups in total. The van der Waals surface area contributed by atoms with E-state index in [0.29, 0.717) is 6.04 Å². The predicted octanol–water partition coefficient (Wildman–Crippen LogP) is 1.30. The third-order valence-electron chi connectivity index (χ3n) is 3.75. The minimum atomic E-state index is -3.61. The number of hydrogen-bond donors (Lipinski definition) is 2. The molecule has 1 aliphatic heterocycles. The Kier molecular flexibility index (Phi) is 5.01. The van der Waals surface area contributed by atoms with Gasteiger partial charge in [0.1, 0.15) is 0 Å². The highest BCUT2D eigenvalue weighted by Gasteiger charge is 2.22. The molecule has 0 amide bonds. The first-order valence-corrected chi connectivity index (χ1v) is 8.67. The zero-order valence-electron chi connectivity index (χ0n) is 11.9. The van der Waals surface area contributed by atoms with E-state index in [1.165, 1.54) is 19.3 Å². The van der Waals surface area contributed by atoms with Crippen LogP contribution < -0.4 is 15.4 Å². The molecule has 1 heterocycles. The molecule has 0 aromatic heterocycles. The molecule has 1 fully saturated rings. The molecule has 5 nitrogen and oxygen atoms in total. The monoisotopic (exact) mass is 297 g/mol. The van der Waals surface area contributed by atoms with E-state index in [9.17, 15) is 8.42 Å². The Morgan fingerprint density at radius 1 is 1.30 bits per heavy atom. The second-order valence-electron chi connectivity index (χ2n) is 5.19. The van der Waals surface area contributed by atoms with Crippen LogP contribution in [0, 0.1) is 0 Å². The fourth-order valence-corrected chi connectivity index (χ4v) is 3.21. The highest BCUT2D eigenvalue weighted by molar-refractivity contribution is 7.89. The average Bonchev–Trinajstić information content (AvgIpc) is 2.45. The molecule has 0 saturated carbocycles. The molecule has 1 atom stereocenters. The Hall–Kier alpha value is -1.11. The third kappa shape index (κ3) is 3.71. The Morgan fingerprint density at radius 3 is 2.60 bits per heavy atom. The number of nitrogens with two attached hydrogens (primary N) is 1. The molecular weight excluding hydrogens is 274 g/mol. The van der Waals surface area contributed by atoms with Crippen molar-refractivity contribution in [3.63, 3.8) is 0 Å². The van der Waals surface area contributed by atoms with E-state index in [1.807, 2.05) is 12.1 Å². The molecule has 0 bridgehead atoms. The first kappa shape index (κ1) is 15.3. The molecular formula is C14H23N3O2S. The summed E-state index contributed by atoms with van der Waals surface area (Å²) in [7, 11) is -3.61. The number of nitrogens with zero attached hydrogens (tertiary/aromatic N) is 1. The van der Waals surface area contributed by atoms with Gasteiger partial charge in [0.25, 0.3) is 0 Å². The van der Waals surface area contributed by atoms with Gasteiger partial charge in [0.15, 0.2) is 0 Å². The molecule has 2 rings (SSSR count). The lowest BCUT2D eigenvalue weighted by molar-refractivity contribution is 0.439. The van der Waals surface area contributed by atoms with Gasteiger partial charge in [-0.3, -0.25) is 0 Å². The van der Waals surface area contributed by atoms with Crippen LogP contribution >= 0.6 is 0 Å². The van der Waals surface area contributed by atoms with Crippen LogP contribution in [0.25, 0.3) is 0 Å². The van der Waals surface area contributed by atoms with Crippen molar-refractivity contribution >= 4 is 15.7 Å². The number of rotatable bonds is 5. The summed E-state index contributed by atoms with van der Waals surface area (Å²) >= 11 is 0. The van der Waals surface area contributed by atoms with E-state index in [2.05, 4.69) is 17.1 Å². The molecule has 0 radical (unpaired) electrons. The average molecular weight is 297 g/mol. The molecule has 1 aromatic carbocycles. The Labute approximate surface area is 121 Å². The lowest BCUT2D eigenvalue weighted by Gasteiger charge is -2.37. The summed E-state index contributed by atoms with van der Waals surface area (Å²) < 4.78 is 22.6. The molecule has 20 heavy (non-hydrogen) atoms. The van der Waals surface area contributed by atoms with Crippen LogP contribution in [0.1, 0.15) is 26.2 Å². The fourth-order valence-electron chi connectivity index (χ4n) is 2.69. The van der Waals surface area contributed by atoms with Gasteiger partial charge >= 0.3 is 0 Å². The quantitative estimate of drug-likeness (QED) is 0.859. The van der Waals surface area contributed by atoms with Crippen molar-refractivity contribution in [1.82, 2.24) is 5.32 Å². The van der Waals surface area contributed by atoms with Gasteiger partial charge < -0.3 is 10.2 Å². The van der Waals surface area contributed by atoms with Crippen molar-refractivity contribution in [3.8, 4) is 0 Å². The van der Waals surface area contributed by atoms with Crippen LogP contribution in [-0.4, -0.2) is 34.1 Å². The van der Waals surface area contributed by atoms with Gasteiger partial charge in [0.05, 0.1) is 4.90 Å². The number of piperidine rings is 1. The first-order valence-electron chi connectivity index (χ1n) is 7.12. The number of nitrogens with one attached hydrogen (secondary N) is 1. The standard InChI is InChI=1S/C14H23N3O2S/c1-2-16-11-13-5-3-4-10-17(13)12-6-8-14(9-7-12)20(15,18)19/h6-9,13,16H,2-5,10-11H2,1H3,(H2,15,18,19). The molecule has 6 heteroatoms. The SMILES string of the molecule is CCNCC1CCCCN1c1ccc(S(N)(=O)=O)cc1. The fraction of sp³-hybridized carbons (Fsp3) is 0.571. The first-order chi connectivity index (χ1) is 9.52. The maximum absolute atomic E-state index is 11.3. The summed E-state index contributed by atoms with van der Waals surface area (Å²) in [6.45, 7) is 5.06. The van der Waals surface area contributed by atoms with Gasteiger partial charge in [0.2, 0.25) is 10.0 Å². The zero-order chi connectivity index (χ0) is 14.6. The molecule has 0 aliphatic carbocycles. The maximum Gasteiger partial charge on any atom is 0.238 e. The third-order valence-corrected chi connectivity index (χ3v) is 4.68. The highest BCUT2D eigenvalue weighted by atomic mass is 32.2. The zero-order valence-corrected chi connectivity index (χ0v) is 12.7. The van der Waals surface area contributed by atoms with Crippen LogP contribution in [0.4, 0.5) is 5.69 Å². The predicted molar refractivity (Wildman–Crippen MR) is 81.3 cm³/mol. The summed E-state index contributed by atoms with van der Waals surface area (Å²) in [6.07, 6.45) is 3.60. The number of benzene rings is 1. The Morgan fingerprint density at radius 2 is 2.00 bits per heavy atom. The van der Waals surface area contributed by atoms with Gasteiger partial charge in [-0.25, -0.2) is 13.6 Å². The normalized spacial score (nSPS) is 20.1. The van der Waals surface area contributed by atoms with E-state index < -0.39 is 10.0 Å². The van der Waals surface area contributed by atoms with E-state index >= 15 is 0 Å². The lowest BCUT2D eigenvalue weighted by atomic mass is 10.0. The number of primary sulfonamides is 1. The van der Waals surface area contributed by atoms with E-state index in [4.69, 9.17) is 5.14 Å². The van der Waals surface area contributed by atoms with Crippen molar-refractivity contribution in [2.24, 2.45) is 5.14 Å². The molecule has 112 valence electrons. The van der Waals surface area contributed by atoms with Gasteiger partial charge in [-0.2, -0.15) is 0 Å². The number of hydrogen-bond acceptors (Lipinski definition) is 4. The molecule has 1 saturated heterocycles. The van der Waals surface area contributed by atoms with E-state index in [0.717, 1.165) is 25.3 Å². The van der Waals surface area contributed by atoms with Gasteiger partial charge in [0, 0.05) is 24.8 Å². The van der Waals surface area contributed by atoms with Crippen LogP contribution in [0.15, 0.2) is 29.2 Å². The van der Waals surface area contributed by atoms with Crippen molar-refractivity contribution in [2.45, 2.75) is 37.1 Å². The van der Waals surface area contributed by atoms with Crippen molar-refractivity contribution in [2.75, 3.05) is 24.5 Å². The van der Waals surface area contributed by atoms with Gasteiger partial charge in [-0.1, -0.05) is 6.92 Å². The molecule has 1 unspecified atom stereocenters. The topological polar surface area (TPSA) is 75.4 Å². The van der Waals surface area contributed by atoms with Gasteiger partial charge in [-0.15, -0.1) is 0 Å². The maximum atomic E-state index is 11.3. The van der Waals surface area contributed by atoms with Crippen LogP contribution in [0.5, 0.6) is 0 Å². The summed E-state index contributed by atoms with van der Waals surface area (Å²) in [5.74, 6) is 0. The largest absolute Gasteiger partial charge is 0.367 e. The smallest absolute Gasteiger partial charge is 0.238 e. The van der Waals surface area contributed by atoms with Crippen LogP contribution in [0.3, 0.4) is 0 Å². The molecule has 0 spiro atoms. The van der Waals surface area contributed by atoms with Gasteiger partial charge in [-0.05, 0) is 50.1 Å². The Bertz CT molecular complexity index is 528. The van der Waals surface area contributed by atoms with Crippen molar-refractivity contribution < 1.29 is 8.42 Å². The minimum absolute atomic E-state index is 0.168. The summed E-state index contributed by atoms with van der Waals surface area (Å²) in [4.78, 5) is 2.53. The van der Waals surface area contributed by atoms with Crippen LogP contribution in [-0.2, 0) is 10.0 Å². The number of sulfonamides is 1. The molecule has 1 aliphatic rings. The summed E-state index contributed by atoms with van der Waals surface area (Å²) in [5, 5.41) is 8.52. The lowest BCUT2D eigenvalue weighted by Crippen LogP contribution is -2.45. The van der Waals surface area contributed by atoms with Crippen molar-refractivity contribution in [1.29, 1.82) is 0 Å². The van der Waals surface area contributed by atoms with E-state index in [1.54, 1.807) is 12.1 Å². The summed E-state index contributed by atoms with van der Waals surface area (Å²) in [5.41, 5.74) is 1.07. The van der Waals surface area contributed by atoms with Crippen LogP contribution in [0.2, 0.25) is 0 Å². The van der Waals surface area contributed by atoms with Crippen molar-refractivity contribution in [3.05, 3.63) is 24.3 Å².